The summed E-state index contributed by atoms with van der Waals surface area (Å²) in [5.41, 5.74) is 4.18. The molecule has 1 aromatic carbocycles. The van der Waals surface area contributed by atoms with Crippen molar-refractivity contribution in [2.45, 2.75) is 19.0 Å². The highest BCUT2D eigenvalue weighted by Gasteiger charge is 2.45. The van der Waals surface area contributed by atoms with E-state index in [9.17, 15) is 18.3 Å². The number of carboxylic acids is 1. The molecule has 0 radical (unpaired) electrons. The molecule has 0 atom stereocenters. The van der Waals surface area contributed by atoms with Crippen LogP contribution in [0.2, 0.25) is 0 Å². The molecule has 6 rings (SSSR count). The van der Waals surface area contributed by atoms with Gasteiger partial charge >= 0.3 is 12.1 Å². The fraction of sp³-hybridized carbons (Fsp3) is 0.385. The molecule has 2 aliphatic heterocycles. The first-order valence-corrected chi connectivity index (χ1v) is 12.5. The number of carbonyl (C=O) groups is 1. The number of phenolic OH excluding ortho intramolecular Hbond substituents is 1. The lowest BCUT2D eigenvalue weighted by Gasteiger charge is -2.53. The highest BCUT2D eigenvalue weighted by molar-refractivity contribution is 5.82. The van der Waals surface area contributed by atoms with Crippen molar-refractivity contribution in [2.24, 2.45) is 12.5 Å². The Kier molecular flexibility index (Phi) is 7.04. The molecule has 3 aromatic heterocycles. The van der Waals surface area contributed by atoms with Crippen LogP contribution >= 0.6 is 0 Å². The number of aromatic hydroxyl groups is 1. The summed E-state index contributed by atoms with van der Waals surface area (Å²) in [7, 11) is 4.05. The number of alkyl halides is 3. The number of aliphatic carboxylic acids is 1. The number of aryl methyl sites for hydroxylation is 1. The van der Waals surface area contributed by atoms with Crippen molar-refractivity contribution >= 4 is 23.0 Å². The fourth-order valence-corrected chi connectivity index (χ4v) is 4.98. The van der Waals surface area contributed by atoms with Crippen LogP contribution in [0.5, 0.6) is 5.75 Å². The Morgan fingerprint density at radius 2 is 1.68 bits per heavy atom. The summed E-state index contributed by atoms with van der Waals surface area (Å²) in [6.45, 7) is 4.31. The molecule has 2 aliphatic rings. The third-order valence-electron chi connectivity index (χ3n) is 7.35. The second-order valence-corrected chi connectivity index (χ2v) is 10.2. The molecule has 40 heavy (non-hydrogen) atoms. The Bertz CT molecular complexity index is 1520. The Morgan fingerprint density at radius 1 is 0.975 bits per heavy atom. The van der Waals surface area contributed by atoms with Crippen LogP contribution in [0.4, 0.5) is 19.1 Å². The predicted octanol–water partition coefficient (Wildman–Crippen LogP) is 3.36. The number of fused-ring (bicyclic) bond motifs is 1. The maximum absolute atomic E-state index is 10.7. The van der Waals surface area contributed by atoms with Gasteiger partial charge in [0.1, 0.15) is 11.4 Å². The van der Waals surface area contributed by atoms with Gasteiger partial charge in [-0.05, 0) is 56.7 Å². The zero-order chi connectivity index (χ0) is 28.7. The standard InChI is InChI=1S/C24H26N8O.C2HF3O2/c1-30-7-5-24(6-8-30)14-32(15-24)23-26-13-20(28-29-23)19-4-3-16(10-21(19)33)17-9-18-12-27-31(2)22(18)25-11-17;3-2(4,5)1(6)7/h3-4,9-13,33H,5-8,14-15H2,1-2H3;(H,6,7). The van der Waals surface area contributed by atoms with Crippen LogP contribution in [-0.4, -0.2) is 90.4 Å². The molecule has 0 saturated carbocycles. The molecule has 2 N–H and O–H groups in total. The van der Waals surface area contributed by atoms with Gasteiger partial charge in [-0.25, -0.2) is 14.8 Å². The topological polar surface area (TPSA) is 133 Å². The Labute approximate surface area is 226 Å². The lowest BCUT2D eigenvalue weighted by atomic mass is 9.72. The monoisotopic (exact) mass is 556 g/mol. The molecule has 14 heteroatoms. The van der Waals surface area contributed by atoms with Crippen LogP contribution < -0.4 is 4.90 Å². The summed E-state index contributed by atoms with van der Waals surface area (Å²) in [4.78, 5) is 22.5. The van der Waals surface area contributed by atoms with Gasteiger partial charge < -0.3 is 20.0 Å². The summed E-state index contributed by atoms with van der Waals surface area (Å²) in [5, 5.41) is 31.7. The van der Waals surface area contributed by atoms with E-state index in [0.717, 1.165) is 48.3 Å². The van der Waals surface area contributed by atoms with Crippen molar-refractivity contribution in [1.29, 1.82) is 0 Å². The van der Waals surface area contributed by atoms with Gasteiger partial charge in [-0.2, -0.15) is 18.3 Å². The zero-order valence-electron chi connectivity index (χ0n) is 21.8. The van der Waals surface area contributed by atoms with Gasteiger partial charge in [-0.1, -0.05) is 6.07 Å². The average Bonchev–Trinajstić information content (AvgIpc) is 3.28. The minimum absolute atomic E-state index is 0.136. The summed E-state index contributed by atoms with van der Waals surface area (Å²) in [6, 6.07) is 7.54. The third-order valence-corrected chi connectivity index (χ3v) is 7.35. The summed E-state index contributed by atoms with van der Waals surface area (Å²) in [6.07, 6.45) is 2.65. The van der Waals surface area contributed by atoms with Crippen molar-refractivity contribution < 1.29 is 28.2 Å². The maximum Gasteiger partial charge on any atom is 0.490 e. The van der Waals surface area contributed by atoms with Gasteiger partial charge in [0.2, 0.25) is 5.95 Å². The Hall–Kier alpha value is -4.33. The highest BCUT2D eigenvalue weighted by atomic mass is 19.4. The van der Waals surface area contributed by atoms with Crippen molar-refractivity contribution in [3.05, 3.63) is 42.9 Å². The Balaban J connectivity index is 0.000000411. The van der Waals surface area contributed by atoms with E-state index in [-0.39, 0.29) is 5.75 Å². The first kappa shape index (κ1) is 27.2. The minimum Gasteiger partial charge on any atom is -0.507 e. The van der Waals surface area contributed by atoms with Crippen LogP contribution in [0.25, 0.3) is 33.4 Å². The molecule has 5 heterocycles. The molecular weight excluding hydrogens is 529 g/mol. The largest absolute Gasteiger partial charge is 0.507 e. The molecule has 0 unspecified atom stereocenters. The number of anilines is 1. The van der Waals surface area contributed by atoms with Crippen LogP contribution in [-0.2, 0) is 11.8 Å². The van der Waals surface area contributed by atoms with E-state index in [4.69, 9.17) is 9.90 Å². The molecule has 0 aliphatic carbocycles. The number of likely N-dealkylation sites (tertiary alicyclic amines) is 1. The smallest absolute Gasteiger partial charge is 0.490 e. The van der Waals surface area contributed by atoms with Crippen LogP contribution in [0.15, 0.2) is 42.9 Å². The van der Waals surface area contributed by atoms with Crippen molar-refractivity contribution in [1.82, 2.24) is 34.8 Å². The molecule has 4 aromatic rings. The fourth-order valence-electron chi connectivity index (χ4n) is 4.98. The van der Waals surface area contributed by atoms with Crippen molar-refractivity contribution in [2.75, 3.05) is 38.1 Å². The van der Waals surface area contributed by atoms with Crippen LogP contribution in [0.3, 0.4) is 0 Å². The van der Waals surface area contributed by atoms with Gasteiger partial charge in [-0.3, -0.25) is 4.68 Å². The molecule has 1 spiro atoms. The number of benzene rings is 1. The maximum atomic E-state index is 10.7. The summed E-state index contributed by atoms with van der Waals surface area (Å²) >= 11 is 0. The average molecular weight is 557 g/mol. The lowest BCUT2D eigenvalue weighted by Crippen LogP contribution is -2.60. The number of piperidine rings is 1. The number of rotatable bonds is 3. The van der Waals surface area contributed by atoms with E-state index in [0.29, 0.717) is 22.6 Å². The summed E-state index contributed by atoms with van der Waals surface area (Å²) < 4.78 is 33.5. The quantitative estimate of drug-likeness (QED) is 0.387. The first-order valence-electron chi connectivity index (χ1n) is 12.5. The van der Waals surface area contributed by atoms with E-state index in [1.165, 1.54) is 12.8 Å². The molecule has 11 nitrogen and oxygen atoms in total. The van der Waals surface area contributed by atoms with Crippen molar-refractivity contribution in [3.63, 3.8) is 0 Å². The van der Waals surface area contributed by atoms with Crippen LogP contribution in [0.1, 0.15) is 12.8 Å². The second kappa shape index (κ2) is 10.3. The van der Waals surface area contributed by atoms with Crippen LogP contribution in [0, 0.1) is 5.41 Å². The molecule has 0 bridgehead atoms. The number of phenols is 1. The summed E-state index contributed by atoms with van der Waals surface area (Å²) in [5.74, 6) is -1.96. The molecule has 210 valence electrons. The van der Waals surface area contributed by atoms with Crippen molar-refractivity contribution in [3.8, 4) is 28.1 Å². The zero-order valence-corrected chi connectivity index (χ0v) is 21.8. The predicted molar refractivity (Wildman–Crippen MR) is 139 cm³/mol. The number of nitrogens with zero attached hydrogens (tertiary/aromatic N) is 8. The van der Waals surface area contributed by atoms with Gasteiger partial charge in [0.15, 0.2) is 5.65 Å². The van der Waals surface area contributed by atoms with E-state index >= 15 is 0 Å². The van der Waals surface area contributed by atoms with Gasteiger partial charge in [0.25, 0.3) is 0 Å². The number of halogens is 3. The first-order chi connectivity index (χ1) is 18.9. The molecule has 2 saturated heterocycles. The Morgan fingerprint density at radius 3 is 2.27 bits per heavy atom. The highest BCUT2D eigenvalue weighted by Crippen LogP contribution is 2.41. The number of pyridine rings is 1. The normalized spacial score (nSPS) is 16.9. The number of hydrogen-bond acceptors (Lipinski definition) is 9. The van der Waals surface area contributed by atoms with Gasteiger partial charge in [0.05, 0.1) is 12.4 Å². The molecular formula is C26H27F3N8O3. The van der Waals surface area contributed by atoms with E-state index < -0.39 is 12.1 Å². The molecule has 0 amide bonds. The third kappa shape index (κ3) is 5.52. The molecule has 2 fully saturated rings. The second-order valence-electron chi connectivity index (χ2n) is 10.2. The van der Waals surface area contributed by atoms with E-state index in [1.807, 2.05) is 25.2 Å². The number of carboxylic acid groups (broad SMARTS) is 1. The number of hydrogen-bond donors (Lipinski definition) is 2. The minimum atomic E-state index is -5.08. The van der Waals surface area contributed by atoms with E-state index in [1.54, 1.807) is 29.3 Å². The van der Waals surface area contributed by atoms with Gasteiger partial charge in [0, 0.05) is 48.3 Å². The number of aromatic nitrogens is 6. The lowest BCUT2D eigenvalue weighted by molar-refractivity contribution is -0.192. The van der Waals surface area contributed by atoms with Gasteiger partial charge in [-0.15, -0.1) is 10.2 Å². The SMILES string of the molecule is CN1CCC2(CC1)CN(c1ncc(-c3ccc(-c4cnc5c(cnn5C)c4)cc3O)nn1)C2.O=C(O)C(F)(F)F. The van der Waals surface area contributed by atoms with E-state index in [2.05, 4.69) is 42.1 Å².